The monoisotopic (exact) mass is 375 g/mol. The lowest BCUT2D eigenvalue weighted by atomic mass is 10.2. The predicted molar refractivity (Wildman–Crippen MR) is 104 cm³/mol. The zero-order valence-corrected chi connectivity index (χ0v) is 16.1. The van der Waals surface area contributed by atoms with Gasteiger partial charge in [0.1, 0.15) is 0 Å². The van der Waals surface area contributed by atoms with Gasteiger partial charge in [0.2, 0.25) is 5.91 Å². The van der Waals surface area contributed by atoms with Gasteiger partial charge in [0.25, 0.3) is 5.56 Å². The van der Waals surface area contributed by atoms with Crippen molar-refractivity contribution in [2.24, 2.45) is 0 Å². The third kappa shape index (κ3) is 4.27. The molecule has 0 unspecified atom stereocenters. The van der Waals surface area contributed by atoms with Crippen molar-refractivity contribution in [3.05, 3.63) is 34.6 Å². The number of nitrogens with one attached hydrogen (secondary N) is 1. The molecular weight excluding hydrogens is 350 g/mol. The number of hydrogen-bond acceptors (Lipinski definition) is 5. The van der Waals surface area contributed by atoms with Crippen molar-refractivity contribution in [2.45, 2.75) is 56.2 Å². The van der Waals surface area contributed by atoms with Gasteiger partial charge in [0, 0.05) is 13.2 Å². The number of amides is 1. The maximum atomic E-state index is 13.0. The molecule has 2 heterocycles. The van der Waals surface area contributed by atoms with Crippen LogP contribution in [0.4, 0.5) is 0 Å². The molecule has 0 radical (unpaired) electrons. The van der Waals surface area contributed by atoms with E-state index >= 15 is 0 Å². The average molecular weight is 375 g/mol. The highest BCUT2D eigenvalue weighted by Gasteiger charge is 2.23. The highest BCUT2D eigenvalue weighted by Crippen LogP contribution is 2.24. The standard InChI is InChI=1S/C19H25N3O3S/c1-3-10-20-17(23)13(2)26-19-21-16-9-5-4-8-15(16)18(24)22(19)12-14-7-6-11-25-14/h4-5,8-9,13-14H,3,6-7,10-12H2,1-2H3,(H,20,23)/t13-,14+/m1/s1. The van der Waals surface area contributed by atoms with Crippen LogP contribution in [0.3, 0.4) is 0 Å². The van der Waals surface area contributed by atoms with Crippen molar-refractivity contribution in [3.8, 4) is 0 Å². The van der Waals surface area contributed by atoms with Gasteiger partial charge in [-0.2, -0.15) is 0 Å². The maximum Gasteiger partial charge on any atom is 0.262 e. The fourth-order valence-corrected chi connectivity index (χ4v) is 3.94. The van der Waals surface area contributed by atoms with Gasteiger partial charge < -0.3 is 10.1 Å². The van der Waals surface area contributed by atoms with Gasteiger partial charge in [-0.1, -0.05) is 30.8 Å². The SMILES string of the molecule is CCCNC(=O)[C@@H](C)Sc1nc2ccccc2c(=O)n1C[C@@H]1CCCO1. The summed E-state index contributed by atoms with van der Waals surface area (Å²) in [5.74, 6) is -0.0390. The molecule has 0 bridgehead atoms. The second-order valence-electron chi connectivity index (χ2n) is 6.51. The fourth-order valence-electron chi connectivity index (χ4n) is 2.99. The molecule has 0 spiro atoms. The van der Waals surface area contributed by atoms with E-state index in [0.717, 1.165) is 25.9 Å². The van der Waals surface area contributed by atoms with Crippen LogP contribution in [0.25, 0.3) is 10.9 Å². The molecule has 1 aliphatic heterocycles. The Morgan fingerprint density at radius 2 is 2.27 bits per heavy atom. The number of benzene rings is 1. The summed E-state index contributed by atoms with van der Waals surface area (Å²) in [5.41, 5.74) is 0.583. The predicted octanol–water partition coefficient (Wildman–Crippen LogP) is 2.58. The van der Waals surface area contributed by atoms with Gasteiger partial charge in [0.15, 0.2) is 5.16 Å². The zero-order valence-electron chi connectivity index (χ0n) is 15.2. The zero-order chi connectivity index (χ0) is 18.5. The Labute approximate surface area is 157 Å². The number of aromatic nitrogens is 2. The summed E-state index contributed by atoms with van der Waals surface area (Å²) in [6, 6.07) is 7.34. The quantitative estimate of drug-likeness (QED) is 0.595. The van der Waals surface area contributed by atoms with E-state index in [0.29, 0.717) is 29.1 Å². The largest absolute Gasteiger partial charge is 0.376 e. The normalized spacial score (nSPS) is 18.2. The van der Waals surface area contributed by atoms with Crippen molar-refractivity contribution in [2.75, 3.05) is 13.2 Å². The second-order valence-corrected chi connectivity index (χ2v) is 7.82. The Bertz CT molecular complexity index is 830. The van der Waals surface area contributed by atoms with Gasteiger partial charge >= 0.3 is 0 Å². The number of thioether (sulfide) groups is 1. The third-order valence-electron chi connectivity index (χ3n) is 4.44. The molecule has 3 rings (SSSR count). The van der Waals surface area contributed by atoms with Crippen molar-refractivity contribution in [1.82, 2.24) is 14.9 Å². The molecule has 7 heteroatoms. The lowest BCUT2D eigenvalue weighted by Crippen LogP contribution is -2.33. The van der Waals surface area contributed by atoms with E-state index in [4.69, 9.17) is 4.74 Å². The Hall–Kier alpha value is -1.86. The van der Waals surface area contributed by atoms with Crippen molar-refractivity contribution < 1.29 is 9.53 Å². The summed E-state index contributed by atoms with van der Waals surface area (Å²) in [4.78, 5) is 29.9. The Morgan fingerprint density at radius 3 is 3.00 bits per heavy atom. The van der Waals surface area contributed by atoms with Crippen LogP contribution in [-0.4, -0.2) is 40.0 Å². The minimum Gasteiger partial charge on any atom is -0.376 e. The molecule has 6 nitrogen and oxygen atoms in total. The molecule has 1 N–H and O–H groups in total. The van der Waals surface area contributed by atoms with Crippen LogP contribution >= 0.6 is 11.8 Å². The number of hydrogen-bond donors (Lipinski definition) is 1. The molecule has 0 saturated carbocycles. The van der Waals surface area contributed by atoms with E-state index in [-0.39, 0.29) is 22.8 Å². The van der Waals surface area contributed by atoms with E-state index in [1.807, 2.05) is 32.0 Å². The number of fused-ring (bicyclic) bond motifs is 1. The topological polar surface area (TPSA) is 73.2 Å². The first kappa shape index (κ1) is 18.9. The minimum absolute atomic E-state index is 0.0271. The first-order valence-corrected chi connectivity index (χ1v) is 10.0. The molecule has 26 heavy (non-hydrogen) atoms. The molecular formula is C19H25N3O3S. The van der Waals surface area contributed by atoms with Crippen LogP contribution < -0.4 is 10.9 Å². The molecule has 2 aromatic rings. The molecule has 1 amide bonds. The number of nitrogens with zero attached hydrogens (tertiary/aromatic N) is 2. The summed E-state index contributed by atoms with van der Waals surface area (Å²) in [7, 11) is 0. The van der Waals surface area contributed by atoms with Gasteiger partial charge in [-0.3, -0.25) is 14.2 Å². The Morgan fingerprint density at radius 1 is 1.46 bits per heavy atom. The average Bonchev–Trinajstić information content (AvgIpc) is 3.16. The first-order valence-electron chi connectivity index (χ1n) is 9.15. The summed E-state index contributed by atoms with van der Waals surface area (Å²) in [5, 5.41) is 3.74. The van der Waals surface area contributed by atoms with E-state index < -0.39 is 0 Å². The van der Waals surface area contributed by atoms with Crippen molar-refractivity contribution in [3.63, 3.8) is 0 Å². The van der Waals surface area contributed by atoms with Crippen LogP contribution in [0, 0.1) is 0 Å². The van der Waals surface area contributed by atoms with Crippen LogP contribution in [0.5, 0.6) is 0 Å². The van der Waals surface area contributed by atoms with Gasteiger partial charge in [-0.25, -0.2) is 4.98 Å². The molecule has 1 aromatic carbocycles. The molecule has 1 aromatic heterocycles. The number of carbonyl (C=O) groups excluding carboxylic acids is 1. The van der Waals surface area contributed by atoms with E-state index in [2.05, 4.69) is 10.3 Å². The molecule has 2 atom stereocenters. The third-order valence-corrected chi connectivity index (χ3v) is 5.53. The number of carbonyl (C=O) groups is 1. The Balaban J connectivity index is 1.93. The van der Waals surface area contributed by atoms with Crippen LogP contribution in [0.2, 0.25) is 0 Å². The van der Waals surface area contributed by atoms with Gasteiger partial charge in [-0.15, -0.1) is 0 Å². The Kier molecular flexibility index (Phi) is 6.32. The van der Waals surface area contributed by atoms with E-state index in [1.165, 1.54) is 11.8 Å². The smallest absolute Gasteiger partial charge is 0.262 e. The number of para-hydroxylation sites is 1. The highest BCUT2D eigenvalue weighted by atomic mass is 32.2. The number of ether oxygens (including phenoxy) is 1. The van der Waals surface area contributed by atoms with Crippen LogP contribution in [0.1, 0.15) is 33.1 Å². The van der Waals surface area contributed by atoms with Gasteiger partial charge in [0.05, 0.1) is 28.8 Å². The maximum absolute atomic E-state index is 13.0. The van der Waals surface area contributed by atoms with Crippen molar-refractivity contribution >= 4 is 28.6 Å². The number of rotatable bonds is 7. The summed E-state index contributed by atoms with van der Waals surface area (Å²) < 4.78 is 7.38. The van der Waals surface area contributed by atoms with E-state index in [1.54, 1.807) is 10.6 Å². The summed E-state index contributed by atoms with van der Waals surface area (Å²) >= 11 is 1.33. The lowest BCUT2D eigenvalue weighted by Gasteiger charge is -2.18. The van der Waals surface area contributed by atoms with E-state index in [9.17, 15) is 9.59 Å². The molecule has 1 saturated heterocycles. The van der Waals surface area contributed by atoms with Crippen LogP contribution in [-0.2, 0) is 16.1 Å². The van der Waals surface area contributed by atoms with Crippen LogP contribution in [0.15, 0.2) is 34.2 Å². The second kappa shape index (κ2) is 8.68. The summed E-state index contributed by atoms with van der Waals surface area (Å²) in [6.45, 7) is 5.72. The lowest BCUT2D eigenvalue weighted by molar-refractivity contribution is -0.120. The first-order chi connectivity index (χ1) is 12.6. The fraction of sp³-hybridized carbons (Fsp3) is 0.526. The molecule has 1 aliphatic rings. The van der Waals surface area contributed by atoms with Crippen molar-refractivity contribution in [1.29, 1.82) is 0 Å². The minimum atomic E-state index is -0.328. The summed E-state index contributed by atoms with van der Waals surface area (Å²) in [6.07, 6.45) is 2.87. The molecule has 140 valence electrons. The van der Waals surface area contributed by atoms with Gasteiger partial charge in [-0.05, 0) is 38.3 Å². The molecule has 0 aliphatic carbocycles. The highest BCUT2D eigenvalue weighted by molar-refractivity contribution is 8.00. The molecule has 1 fully saturated rings.